The number of fused-ring (bicyclic) bond motifs is 1. The maximum Gasteiger partial charge on any atom is 0.228 e. The summed E-state index contributed by atoms with van der Waals surface area (Å²) in [5.74, 6) is 0.994. The lowest BCUT2D eigenvalue weighted by Crippen LogP contribution is -2.52. The van der Waals surface area contributed by atoms with E-state index < -0.39 is 0 Å². The lowest BCUT2D eigenvalue weighted by molar-refractivity contribution is -0.138. The molecule has 7 nitrogen and oxygen atoms in total. The minimum atomic E-state index is -0.376. The van der Waals surface area contributed by atoms with Crippen molar-refractivity contribution in [3.8, 4) is 5.75 Å². The largest absolute Gasteiger partial charge is 0.497 e. The average molecular weight is 458 g/mol. The molecule has 0 bridgehead atoms. The van der Waals surface area contributed by atoms with Crippen LogP contribution < -0.4 is 4.74 Å². The Labute approximate surface area is 198 Å². The number of rotatable bonds is 8. The predicted octanol–water partition coefficient (Wildman–Crippen LogP) is 2.95. The molecule has 7 heteroatoms. The van der Waals surface area contributed by atoms with Crippen LogP contribution in [0.2, 0.25) is 0 Å². The van der Waals surface area contributed by atoms with Gasteiger partial charge in [-0.05, 0) is 62.4 Å². The fourth-order valence-electron chi connectivity index (χ4n) is 6.15. The maximum absolute atomic E-state index is 13.9. The molecule has 0 spiro atoms. The smallest absolute Gasteiger partial charge is 0.228 e. The van der Waals surface area contributed by atoms with Crippen LogP contribution in [0, 0.1) is 11.8 Å². The van der Waals surface area contributed by atoms with Crippen molar-refractivity contribution < 1.29 is 19.1 Å². The van der Waals surface area contributed by atoms with Gasteiger partial charge < -0.3 is 24.2 Å². The molecule has 4 rings (SSSR count). The molecule has 3 saturated heterocycles. The number of carbonyl (C=O) groups excluding carboxylic acids is 2. The predicted molar refractivity (Wildman–Crippen MR) is 127 cm³/mol. The second-order valence-corrected chi connectivity index (χ2v) is 9.81. The molecule has 0 saturated carbocycles. The minimum absolute atomic E-state index is 0.0250. The van der Waals surface area contributed by atoms with Crippen LogP contribution in [0.4, 0.5) is 0 Å². The number of benzene rings is 1. The molecule has 182 valence electrons. The van der Waals surface area contributed by atoms with Gasteiger partial charge in [0.2, 0.25) is 11.8 Å². The first-order chi connectivity index (χ1) is 16.0. The first-order valence-corrected chi connectivity index (χ1v) is 12.4. The van der Waals surface area contributed by atoms with Crippen LogP contribution in [-0.2, 0) is 14.3 Å². The second-order valence-electron chi connectivity index (χ2n) is 9.81. The zero-order valence-corrected chi connectivity index (χ0v) is 20.4. The Balaban J connectivity index is 1.54. The molecule has 3 heterocycles. The van der Waals surface area contributed by atoms with Crippen LogP contribution in [-0.4, -0.2) is 86.6 Å². The first kappa shape index (κ1) is 24.0. The highest BCUT2D eigenvalue weighted by atomic mass is 16.5. The Morgan fingerprint density at radius 3 is 2.58 bits per heavy atom. The Bertz CT molecular complexity index is 812. The summed E-state index contributed by atoms with van der Waals surface area (Å²) in [7, 11) is 5.13. The third-order valence-corrected chi connectivity index (χ3v) is 7.92. The number of carbonyl (C=O) groups is 2. The van der Waals surface area contributed by atoms with Crippen LogP contribution in [0.3, 0.4) is 0 Å². The van der Waals surface area contributed by atoms with E-state index in [2.05, 4.69) is 4.90 Å². The molecule has 0 aromatic heterocycles. The van der Waals surface area contributed by atoms with Crippen LogP contribution in [0.1, 0.15) is 50.1 Å². The highest BCUT2D eigenvalue weighted by molar-refractivity contribution is 5.90. The third kappa shape index (κ3) is 5.19. The van der Waals surface area contributed by atoms with Gasteiger partial charge in [0.15, 0.2) is 0 Å². The van der Waals surface area contributed by atoms with Gasteiger partial charge in [-0.15, -0.1) is 0 Å². The van der Waals surface area contributed by atoms with Gasteiger partial charge in [-0.3, -0.25) is 9.59 Å². The van der Waals surface area contributed by atoms with Gasteiger partial charge in [0.05, 0.1) is 25.7 Å². The topological polar surface area (TPSA) is 62.3 Å². The molecule has 1 aromatic rings. The Morgan fingerprint density at radius 2 is 1.85 bits per heavy atom. The van der Waals surface area contributed by atoms with Gasteiger partial charge in [-0.1, -0.05) is 18.6 Å². The normalized spacial score (nSPS) is 28.0. The summed E-state index contributed by atoms with van der Waals surface area (Å²) in [4.78, 5) is 33.0. The molecule has 33 heavy (non-hydrogen) atoms. The van der Waals surface area contributed by atoms with Crippen LogP contribution in [0.5, 0.6) is 5.75 Å². The Kier molecular flexibility index (Phi) is 7.91. The van der Waals surface area contributed by atoms with Crippen molar-refractivity contribution in [3.63, 3.8) is 0 Å². The molecular formula is C26H39N3O4. The average Bonchev–Trinajstić information content (AvgIpc) is 3.15. The zero-order valence-electron chi connectivity index (χ0n) is 20.4. The van der Waals surface area contributed by atoms with Crippen molar-refractivity contribution in [1.29, 1.82) is 0 Å². The number of hydrogen-bond acceptors (Lipinski definition) is 5. The van der Waals surface area contributed by atoms with Crippen molar-refractivity contribution in [1.82, 2.24) is 14.7 Å². The fourth-order valence-corrected chi connectivity index (χ4v) is 6.15. The van der Waals surface area contributed by atoms with Gasteiger partial charge in [-0.2, -0.15) is 0 Å². The summed E-state index contributed by atoms with van der Waals surface area (Å²) in [6.45, 7) is 4.22. The van der Waals surface area contributed by atoms with Gasteiger partial charge >= 0.3 is 0 Å². The highest BCUT2D eigenvalue weighted by Gasteiger charge is 2.45. The van der Waals surface area contributed by atoms with Crippen molar-refractivity contribution in [2.45, 2.75) is 50.6 Å². The lowest BCUT2D eigenvalue weighted by Gasteiger charge is -2.46. The first-order valence-electron chi connectivity index (χ1n) is 12.4. The molecule has 1 aromatic carbocycles. The van der Waals surface area contributed by atoms with Crippen molar-refractivity contribution >= 4 is 11.8 Å². The Morgan fingerprint density at radius 1 is 1.09 bits per heavy atom. The van der Waals surface area contributed by atoms with Gasteiger partial charge in [0.25, 0.3) is 0 Å². The van der Waals surface area contributed by atoms with E-state index in [1.807, 2.05) is 36.2 Å². The van der Waals surface area contributed by atoms with E-state index in [1.54, 1.807) is 19.1 Å². The van der Waals surface area contributed by atoms with Crippen molar-refractivity contribution in [3.05, 3.63) is 29.8 Å². The van der Waals surface area contributed by atoms with E-state index in [0.717, 1.165) is 17.9 Å². The quantitative estimate of drug-likeness (QED) is 0.601. The second kappa shape index (κ2) is 10.9. The fraction of sp³-hybridized carbons (Fsp3) is 0.692. The standard InChI is InChI=1S/C26H39N3O4/c1-27-24(30)17-22(25(27)19-9-11-21(33-3)12-10-19)26(31)29(15-16-32-2)18-20-7-6-14-28-13-5-4-8-23(20)28/h9-12,20,22-23,25H,4-8,13-18H2,1-3H3/t20-,22+,23+,25-/m0/s1. The number of amides is 2. The van der Waals surface area contributed by atoms with Crippen molar-refractivity contribution in [2.24, 2.45) is 11.8 Å². The number of ether oxygens (including phenoxy) is 2. The van der Waals surface area contributed by atoms with E-state index in [0.29, 0.717) is 25.1 Å². The molecule has 3 aliphatic rings. The van der Waals surface area contributed by atoms with E-state index in [9.17, 15) is 9.59 Å². The van der Waals surface area contributed by atoms with E-state index >= 15 is 0 Å². The number of piperidine rings is 2. The van der Waals surface area contributed by atoms with Gasteiger partial charge in [0.1, 0.15) is 5.75 Å². The van der Waals surface area contributed by atoms with E-state index in [1.165, 1.54) is 45.2 Å². The summed E-state index contributed by atoms with van der Waals surface area (Å²) in [5, 5.41) is 0. The molecule has 3 fully saturated rings. The minimum Gasteiger partial charge on any atom is -0.497 e. The molecule has 2 amide bonds. The Hall–Kier alpha value is -2.12. The third-order valence-electron chi connectivity index (χ3n) is 7.92. The van der Waals surface area contributed by atoms with Gasteiger partial charge in [-0.25, -0.2) is 0 Å². The summed E-state index contributed by atoms with van der Waals surface area (Å²) in [5.41, 5.74) is 0.977. The number of methoxy groups -OCH3 is 2. The summed E-state index contributed by atoms with van der Waals surface area (Å²) >= 11 is 0. The zero-order chi connectivity index (χ0) is 23.4. The lowest BCUT2D eigenvalue weighted by atomic mass is 9.83. The maximum atomic E-state index is 13.9. The summed E-state index contributed by atoms with van der Waals surface area (Å²) in [6, 6.07) is 8.07. The molecule has 0 radical (unpaired) electrons. The van der Waals surface area contributed by atoms with Crippen LogP contribution in [0.15, 0.2) is 24.3 Å². The number of likely N-dealkylation sites (tertiary alicyclic amines) is 1. The number of hydrogen-bond donors (Lipinski definition) is 0. The molecule has 0 N–H and O–H groups in total. The SMILES string of the molecule is COCCN(C[C@@H]1CCCN2CCCC[C@H]12)C(=O)[C@@H]1CC(=O)N(C)[C@H]1c1ccc(OC)cc1. The molecule has 0 aliphatic carbocycles. The number of nitrogens with zero attached hydrogens (tertiary/aromatic N) is 3. The van der Waals surface area contributed by atoms with Crippen LogP contribution in [0.25, 0.3) is 0 Å². The molecule has 4 atom stereocenters. The van der Waals surface area contributed by atoms with Gasteiger partial charge in [0, 0.05) is 39.7 Å². The van der Waals surface area contributed by atoms with Crippen LogP contribution >= 0.6 is 0 Å². The highest BCUT2D eigenvalue weighted by Crippen LogP contribution is 2.39. The van der Waals surface area contributed by atoms with E-state index in [4.69, 9.17) is 9.47 Å². The van der Waals surface area contributed by atoms with E-state index in [-0.39, 0.29) is 30.2 Å². The molecule has 3 aliphatic heterocycles. The monoisotopic (exact) mass is 457 g/mol. The van der Waals surface area contributed by atoms with Crippen molar-refractivity contribution in [2.75, 3.05) is 54.1 Å². The molecule has 0 unspecified atom stereocenters. The summed E-state index contributed by atoms with van der Waals surface area (Å²) in [6.07, 6.45) is 6.43. The summed E-state index contributed by atoms with van der Waals surface area (Å²) < 4.78 is 10.7. The molecular weight excluding hydrogens is 418 g/mol.